The zero-order chi connectivity index (χ0) is 19.7. The second-order valence-electron chi connectivity index (χ2n) is 7.66. The number of hydrogen-bond acceptors (Lipinski definition) is 4. The molecule has 1 amide bonds. The molecule has 2 aromatic rings. The van der Waals surface area contributed by atoms with Crippen LogP contribution >= 0.6 is 11.3 Å². The predicted molar refractivity (Wildman–Crippen MR) is 111 cm³/mol. The number of rotatable bonds is 4. The molecule has 4 rings (SSSR count). The summed E-state index contributed by atoms with van der Waals surface area (Å²) < 4.78 is 27.9. The van der Waals surface area contributed by atoms with Gasteiger partial charge in [-0.3, -0.25) is 4.79 Å². The highest BCUT2D eigenvalue weighted by Crippen LogP contribution is 2.35. The first-order valence-corrected chi connectivity index (χ1v) is 12.3. The smallest absolute Gasteiger partial charge is 0.254 e. The molecule has 2 unspecified atom stereocenters. The molecule has 2 aliphatic rings. The molecule has 0 N–H and O–H groups in total. The Morgan fingerprint density at radius 1 is 1.07 bits per heavy atom. The minimum atomic E-state index is -3.58. The van der Waals surface area contributed by atoms with E-state index in [9.17, 15) is 13.2 Å². The molecular formula is C21H26N2O3S2. The monoisotopic (exact) mass is 418 g/mol. The van der Waals surface area contributed by atoms with Crippen LogP contribution in [0.2, 0.25) is 0 Å². The summed E-state index contributed by atoms with van der Waals surface area (Å²) in [6, 6.07) is 10.7. The van der Waals surface area contributed by atoms with E-state index in [-0.39, 0.29) is 22.9 Å². The van der Waals surface area contributed by atoms with Crippen LogP contribution in [0.3, 0.4) is 0 Å². The van der Waals surface area contributed by atoms with Crippen molar-refractivity contribution in [3.05, 3.63) is 52.2 Å². The van der Waals surface area contributed by atoms with Gasteiger partial charge in [0.05, 0.1) is 10.9 Å². The zero-order valence-electron chi connectivity index (χ0n) is 16.1. The van der Waals surface area contributed by atoms with Gasteiger partial charge in [-0.1, -0.05) is 18.6 Å². The predicted octanol–water partition coefficient (Wildman–Crippen LogP) is 4.29. The quantitative estimate of drug-likeness (QED) is 0.744. The fraction of sp³-hybridized carbons (Fsp3) is 0.476. The first kappa shape index (κ1) is 19.6. The summed E-state index contributed by atoms with van der Waals surface area (Å²) in [5, 5.41) is 2.03. The maximum atomic E-state index is 13.2. The molecule has 2 aliphatic heterocycles. The number of benzene rings is 1. The number of hydrogen-bond donors (Lipinski definition) is 0. The van der Waals surface area contributed by atoms with Crippen LogP contribution < -0.4 is 0 Å². The van der Waals surface area contributed by atoms with Crippen molar-refractivity contribution in [3.63, 3.8) is 0 Å². The van der Waals surface area contributed by atoms with Crippen LogP contribution in [0.1, 0.15) is 60.3 Å². The molecule has 1 aromatic heterocycles. The number of amides is 1. The Labute approximate surface area is 171 Å². The Kier molecular flexibility index (Phi) is 5.58. The third-order valence-electron chi connectivity index (χ3n) is 5.81. The Morgan fingerprint density at radius 3 is 2.68 bits per heavy atom. The summed E-state index contributed by atoms with van der Waals surface area (Å²) in [6.07, 6.45) is 4.75. The zero-order valence-corrected chi connectivity index (χ0v) is 17.7. The molecule has 0 radical (unpaired) electrons. The maximum absolute atomic E-state index is 13.2. The van der Waals surface area contributed by atoms with Gasteiger partial charge < -0.3 is 4.90 Å². The normalized spacial score (nSPS) is 23.8. The topological polar surface area (TPSA) is 57.7 Å². The summed E-state index contributed by atoms with van der Waals surface area (Å²) >= 11 is 1.67. The molecule has 3 heterocycles. The third-order valence-corrected chi connectivity index (χ3v) is 8.80. The van der Waals surface area contributed by atoms with Crippen LogP contribution in [0.15, 0.2) is 46.7 Å². The van der Waals surface area contributed by atoms with Crippen LogP contribution in [-0.2, 0) is 10.0 Å². The van der Waals surface area contributed by atoms with Crippen LogP contribution in [-0.4, -0.2) is 42.7 Å². The minimum Gasteiger partial charge on any atom is -0.331 e. The van der Waals surface area contributed by atoms with Gasteiger partial charge in [-0.05, 0) is 62.3 Å². The Morgan fingerprint density at radius 2 is 1.93 bits per heavy atom. The molecule has 0 spiro atoms. The van der Waals surface area contributed by atoms with Gasteiger partial charge in [0.2, 0.25) is 10.0 Å². The first-order valence-electron chi connectivity index (χ1n) is 9.95. The third kappa shape index (κ3) is 3.63. The minimum absolute atomic E-state index is 0.0000938. The number of likely N-dealkylation sites (tertiary alicyclic amines) is 1. The molecule has 5 nitrogen and oxygen atoms in total. The van der Waals surface area contributed by atoms with Gasteiger partial charge in [0.1, 0.15) is 0 Å². The number of carbonyl (C=O) groups is 1. The van der Waals surface area contributed by atoms with Crippen molar-refractivity contribution in [2.45, 2.75) is 56.0 Å². The Hall–Kier alpha value is -1.70. The number of thiophene rings is 1. The molecule has 28 heavy (non-hydrogen) atoms. The van der Waals surface area contributed by atoms with Gasteiger partial charge in [0.15, 0.2) is 0 Å². The lowest BCUT2D eigenvalue weighted by atomic mass is 10.1. The molecule has 1 aromatic carbocycles. The second kappa shape index (κ2) is 7.97. The van der Waals surface area contributed by atoms with Crippen molar-refractivity contribution >= 4 is 27.3 Å². The fourth-order valence-electron chi connectivity index (χ4n) is 4.31. The number of nitrogens with zero attached hydrogens (tertiary/aromatic N) is 2. The van der Waals surface area contributed by atoms with E-state index in [1.54, 1.807) is 39.9 Å². The van der Waals surface area contributed by atoms with Gasteiger partial charge in [-0.25, -0.2) is 8.42 Å². The van der Waals surface area contributed by atoms with Gasteiger partial charge in [0.25, 0.3) is 5.91 Å². The Bertz CT molecular complexity index is 940. The molecule has 2 atom stereocenters. The van der Waals surface area contributed by atoms with Crippen molar-refractivity contribution in [3.8, 4) is 0 Å². The molecule has 7 heteroatoms. The lowest BCUT2D eigenvalue weighted by Crippen LogP contribution is -2.42. The van der Waals surface area contributed by atoms with E-state index in [1.165, 1.54) is 4.88 Å². The standard InChI is InChI=1S/C21H26N2O3S2/c1-16-7-2-3-13-23(16)28(25,26)18-9-4-8-17(15-18)21(24)22-12-5-10-19(22)20-11-6-14-27-20/h4,6,8-9,11,14-16,19H,2-3,5,7,10,12-13H2,1H3. The molecule has 2 saturated heterocycles. The SMILES string of the molecule is CC1CCCCN1S(=O)(=O)c1cccc(C(=O)N2CCCC2c2cccs2)c1. The highest BCUT2D eigenvalue weighted by molar-refractivity contribution is 7.89. The average Bonchev–Trinajstić information content (AvgIpc) is 3.39. The van der Waals surface area contributed by atoms with E-state index in [1.807, 2.05) is 23.3 Å². The van der Waals surface area contributed by atoms with Gasteiger partial charge >= 0.3 is 0 Å². The van der Waals surface area contributed by atoms with E-state index >= 15 is 0 Å². The summed E-state index contributed by atoms with van der Waals surface area (Å²) in [4.78, 5) is 16.5. The summed E-state index contributed by atoms with van der Waals surface area (Å²) in [7, 11) is -3.58. The van der Waals surface area contributed by atoms with E-state index < -0.39 is 10.0 Å². The van der Waals surface area contributed by atoms with E-state index in [0.29, 0.717) is 18.7 Å². The second-order valence-corrected chi connectivity index (χ2v) is 10.5. The first-order chi connectivity index (χ1) is 13.5. The van der Waals surface area contributed by atoms with Gasteiger partial charge in [0, 0.05) is 29.6 Å². The lowest BCUT2D eigenvalue weighted by Gasteiger charge is -2.32. The van der Waals surface area contributed by atoms with Crippen molar-refractivity contribution in [2.75, 3.05) is 13.1 Å². The van der Waals surface area contributed by atoms with E-state index in [4.69, 9.17) is 0 Å². The highest BCUT2D eigenvalue weighted by atomic mass is 32.2. The molecule has 150 valence electrons. The number of carbonyl (C=O) groups excluding carboxylic acids is 1. The van der Waals surface area contributed by atoms with Crippen molar-refractivity contribution in [1.82, 2.24) is 9.21 Å². The largest absolute Gasteiger partial charge is 0.331 e. The average molecular weight is 419 g/mol. The summed E-state index contributed by atoms with van der Waals surface area (Å²) in [5.74, 6) is -0.0837. The number of sulfonamides is 1. The van der Waals surface area contributed by atoms with Crippen molar-refractivity contribution in [2.24, 2.45) is 0 Å². The molecular weight excluding hydrogens is 392 g/mol. The number of piperidine rings is 1. The molecule has 2 fully saturated rings. The lowest BCUT2D eigenvalue weighted by molar-refractivity contribution is 0.0737. The van der Waals surface area contributed by atoms with Crippen LogP contribution in [0.25, 0.3) is 0 Å². The maximum Gasteiger partial charge on any atom is 0.254 e. The van der Waals surface area contributed by atoms with Crippen LogP contribution in [0.4, 0.5) is 0 Å². The summed E-state index contributed by atoms with van der Waals surface area (Å²) in [5.41, 5.74) is 0.453. The molecule has 0 saturated carbocycles. The molecule has 0 aliphatic carbocycles. The van der Waals surface area contributed by atoms with E-state index in [0.717, 1.165) is 32.1 Å². The van der Waals surface area contributed by atoms with Gasteiger partial charge in [-0.15, -0.1) is 11.3 Å². The van der Waals surface area contributed by atoms with Crippen LogP contribution in [0.5, 0.6) is 0 Å². The Balaban J connectivity index is 1.61. The highest BCUT2D eigenvalue weighted by Gasteiger charge is 2.34. The molecule has 0 bridgehead atoms. The van der Waals surface area contributed by atoms with Crippen molar-refractivity contribution in [1.29, 1.82) is 0 Å². The van der Waals surface area contributed by atoms with E-state index in [2.05, 4.69) is 6.07 Å². The van der Waals surface area contributed by atoms with Crippen LogP contribution in [0, 0.1) is 0 Å². The summed E-state index contributed by atoms with van der Waals surface area (Å²) in [6.45, 7) is 3.22. The van der Waals surface area contributed by atoms with Crippen molar-refractivity contribution < 1.29 is 13.2 Å². The van der Waals surface area contributed by atoms with Gasteiger partial charge in [-0.2, -0.15) is 4.31 Å². The fourth-order valence-corrected chi connectivity index (χ4v) is 6.93.